The van der Waals surface area contributed by atoms with E-state index in [1.54, 1.807) is 25.2 Å². The second kappa shape index (κ2) is 7.66. The Kier molecular flexibility index (Phi) is 5.32. The van der Waals surface area contributed by atoms with Crippen LogP contribution in [0.25, 0.3) is 10.1 Å². The third-order valence-corrected chi connectivity index (χ3v) is 5.40. The highest BCUT2D eigenvalue weighted by molar-refractivity contribution is 7.21. The molecule has 1 amide bonds. The number of carbonyl (C=O) groups is 2. The maximum Gasteiger partial charge on any atom is 0.349 e. The molecule has 2 aromatic carbocycles. The molecule has 0 saturated heterocycles. The summed E-state index contributed by atoms with van der Waals surface area (Å²) in [4.78, 5) is 26.3. The molecule has 0 aliphatic carbocycles. The number of halogens is 1. The molecule has 4 nitrogen and oxygen atoms in total. The van der Waals surface area contributed by atoms with Gasteiger partial charge in [-0.15, -0.1) is 11.3 Å². The molecule has 0 aliphatic rings. The fraction of sp³-hybridized carbons (Fsp3) is 0.200. The van der Waals surface area contributed by atoms with Gasteiger partial charge in [-0.05, 0) is 30.0 Å². The first-order chi connectivity index (χ1) is 12.5. The van der Waals surface area contributed by atoms with Gasteiger partial charge in [0.1, 0.15) is 10.7 Å². The zero-order chi connectivity index (χ0) is 18.7. The van der Waals surface area contributed by atoms with E-state index < -0.39 is 5.97 Å². The van der Waals surface area contributed by atoms with E-state index in [-0.39, 0.29) is 24.9 Å². The van der Waals surface area contributed by atoms with Crippen LogP contribution in [0.3, 0.4) is 0 Å². The smallest absolute Gasteiger partial charge is 0.349 e. The molecule has 1 heterocycles. The van der Waals surface area contributed by atoms with E-state index in [0.29, 0.717) is 10.4 Å². The highest BCUT2D eigenvalue weighted by Crippen LogP contribution is 2.30. The van der Waals surface area contributed by atoms with Gasteiger partial charge in [0, 0.05) is 23.9 Å². The average Bonchev–Trinajstić information content (AvgIpc) is 2.98. The largest absolute Gasteiger partial charge is 0.451 e. The number of ether oxygens (including phenoxy) is 1. The zero-order valence-electron chi connectivity index (χ0n) is 14.5. The number of likely N-dealkylation sites (N-methyl/N-ethyl adjacent to an activating group) is 1. The van der Waals surface area contributed by atoms with Gasteiger partial charge >= 0.3 is 5.97 Å². The second-order valence-electron chi connectivity index (χ2n) is 5.97. The summed E-state index contributed by atoms with van der Waals surface area (Å²) in [6.45, 7) is 1.60. The molecule has 0 aliphatic heterocycles. The normalized spacial score (nSPS) is 10.7. The van der Waals surface area contributed by atoms with Crippen LogP contribution in [-0.4, -0.2) is 30.4 Å². The minimum atomic E-state index is -0.517. The highest BCUT2D eigenvalue weighted by Gasteiger charge is 2.19. The monoisotopic (exact) mass is 371 g/mol. The maximum absolute atomic E-state index is 13.7. The summed E-state index contributed by atoms with van der Waals surface area (Å²) in [7, 11) is 1.55. The van der Waals surface area contributed by atoms with Crippen molar-refractivity contribution < 1.29 is 18.7 Å². The number of hydrogen-bond acceptors (Lipinski definition) is 4. The number of thiophene rings is 1. The number of benzene rings is 2. The van der Waals surface area contributed by atoms with Crippen LogP contribution in [0.1, 0.15) is 20.8 Å². The van der Waals surface area contributed by atoms with Crippen molar-refractivity contribution in [3.05, 3.63) is 70.4 Å². The topological polar surface area (TPSA) is 46.6 Å². The van der Waals surface area contributed by atoms with Crippen LogP contribution >= 0.6 is 11.3 Å². The van der Waals surface area contributed by atoms with E-state index >= 15 is 0 Å². The Morgan fingerprint density at radius 3 is 2.54 bits per heavy atom. The van der Waals surface area contributed by atoms with Crippen LogP contribution in [0.4, 0.5) is 4.39 Å². The SMILES string of the molecule is Cc1c(C(=O)OCC(=O)N(C)Cc2ccccc2F)sc2ccccc12. The van der Waals surface area contributed by atoms with Crippen LogP contribution in [-0.2, 0) is 16.1 Å². The lowest BCUT2D eigenvalue weighted by Crippen LogP contribution is -2.31. The third-order valence-electron chi connectivity index (χ3n) is 4.15. The van der Waals surface area contributed by atoms with Gasteiger partial charge in [-0.2, -0.15) is 0 Å². The highest BCUT2D eigenvalue weighted by atomic mass is 32.1. The van der Waals surface area contributed by atoms with Crippen molar-refractivity contribution in [3.63, 3.8) is 0 Å². The summed E-state index contributed by atoms with van der Waals surface area (Å²) < 4.78 is 19.8. The Bertz CT molecular complexity index is 967. The van der Waals surface area contributed by atoms with Crippen molar-refractivity contribution >= 4 is 33.3 Å². The van der Waals surface area contributed by atoms with Crippen molar-refractivity contribution in [1.82, 2.24) is 4.90 Å². The van der Waals surface area contributed by atoms with Gasteiger partial charge in [0.15, 0.2) is 6.61 Å². The molecule has 0 N–H and O–H groups in total. The van der Waals surface area contributed by atoms with Crippen molar-refractivity contribution in [2.24, 2.45) is 0 Å². The van der Waals surface area contributed by atoms with Crippen molar-refractivity contribution in [2.45, 2.75) is 13.5 Å². The van der Waals surface area contributed by atoms with Gasteiger partial charge < -0.3 is 9.64 Å². The van der Waals surface area contributed by atoms with E-state index in [1.165, 1.54) is 22.3 Å². The number of esters is 1. The van der Waals surface area contributed by atoms with Crippen molar-refractivity contribution in [3.8, 4) is 0 Å². The Morgan fingerprint density at radius 2 is 1.81 bits per heavy atom. The Morgan fingerprint density at radius 1 is 1.12 bits per heavy atom. The van der Waals surface area contributed by atoms with Crippen LogP contribution < -0.4 is 0 Å². The first-order valence-electron chi connectivity index (χ1n) is 8.10. The predicted octanol–water partition coefficient (Wildman–Crippen LogP) is 4.16. The maximum atomic E-state index is 13.7. The summed E-state index contributed by atoms with van der Waals surface area (Å²) in [6, 6.07) is 14.0. The molecule has 26 heavy (non-hydrogen) atoms. The van der Waals surface area contributed by atoms with E-state index in [2.05, 4.69) is 0 Å². The number of nitrogens with zero attached hydrogens (tertiary/aromatic N) is 1. The molecule has 0 saturated carbocycles. The summed E-state index contributed by atoms with van der Waals surface area (Å²) in [5.74, 6) is -1.28. The summed E-state index contributed by atoms with van der Waals surface area (Å²) in [5.41, 5.74) is 1.26. The van der Waals surface area contributed by atoms with Gasteiger partial charge in [0.2, 0.25) is 0 Å². The standard InChI is InChI=1S/C20H18FNO3S/c1-13-15-8-4-6-10-17(15)26-19(13)20(24)25-12-18(23)22(2)11-14-7-3-5-9-16(14)21/h3-10H,11-12H2,1-2H3. The second-order valence-corrected chi connectivity index (χ2v) is 7.02. The number of fused-ring (bicyclic) bond motifs is 1. The van der Waals surface area contributed by atoms with Gasteiger partial charge in [-0.3, -0.25) is 4.79 Å². The Hall–Kier alpha value is -2.73. The third kappa shape index (κ3) is 3.75. The average molecular weight is 371 g/mol. The Labute approximate surface area is 154 Å². The molecule has 3 aromatic rings. The molecule has 3 rings (SSSR count). The van der Waals surface area contributed by atoms with E-state index in [4.69, 9.17) is 4.74 Å². The lowest BCUT2D eigenvalue weighted by atomic mass is 10.1. The molecule has 1 aromatic heterocycles. The molecule has 0 radical (unpaired) electrons. The fourth-order valence-corrected chi connectivity index (χ4v) is 3.75. The molecular formula is C20H18FNO3S. The molecular weight excluding hydrogens is 353 g/mol. The zero-order valence-corrected chi connectivity index (χ0v) is 15.3. The summed E-state index contributed by atoms with van der Waals surface area (Å²) in [6.07, 6.45) is 0. The number of amides is 1. The van der Waals surface area contributed by atoms with Gasteiger partial charge in [-0.25, -0.2) is 9.18 Å². The minimum Gasteiger partial charge on any atom is -0.451 e. The Balaban J connectivity index is 1.62. The number of hydrogen-bond donors (Lipinski definition) is 0. The number of rotatable bonds is 5. The fourth-order valence-electron chi connectivity index (χ4n) is 2.64. The number of aryl methyl sites for hydroxylation is 1. The lowest BCUT2D eigenvalue weighted by Gasteiger charge is -2.17. The molecule has 6 heteroatoms. The van der Waals surface area contributed by atoms with E-state index in [1.807, 2.05) is 31.2 Å². The van der Waals surface area contributed by atoms with Gasteiger partial charge in [0.25, 0.3) is 5.91 Å². The molecule has 0 fully saturated rings. The summed E-state index contributed by atoms with van der Waals surface area (Å²) >= 11 is 1.35. The van der Waals surface area contributed by atoms with Gasteiger partial charge in [-0.1, -0.05) is 36.4 Å². The first-order valence-corrected chi connectivity index (χ1v) is 8.91. The van der Waals surface area contributed by atoms with Crippen molar-refractivity contribution in [2.75, 3.05) is 13.7 Å². The lowest BCUT2D eigenvalue weighted by molar-refractivity contribution is -0.133. The van der Waals surface area contributed by atoms with Gasteiger partial charge in [0.05, 0.1) is 0 Å². The van der Waals surface area contributed by atoms with E-state index in [9.17, 15) is 14.0 Å². The molecule has 0 atom stereocenters. The molecule has 134 valence electrons. The van der Waals surface area contributed by atoms with E-state index in [0.717, 1.165) is 15.6 Å². The van der Waals surface area contributed by atoms with Crippen LogP contribution in [0.15, 0.2) is 48.5 Å². The predicted molar refractivity (Wildman–Crippen MR) is 99.7 cm³/mol. The molecule has 0 spiro atoms. The van der Waals surface area contributed by atoms with Crippen molar-refractivity contribution in [1.29, 1.82) is 0 Å². The van der Waals surface area contributed by atoms with Crippen LogP contribution in [0, 0.1) is 12.7 Å². The summed E-state index contributed by atoms with van der Waals surface area (Å²) in [5, 5.41) is 1.01. The minimum absolute atomic E-state index is 0.116. The number of carbonyl (C=O) groups excluding carboxylic acids is 2. The molecule has 0 unspecified atom stereocenters. The quantitative estimate of drug-likeness (QED) is 0.633. The first kappa shape index (κ1) is 18.1. The molecule has 0 bridgehead atoms. The van der Waals surface area contributed by atoms with Crippen LogP contribution in [0.5, 0.6) is 0 Å². The van der Waals surface area contributed by atoms with Crippen LogP contribution in [0.2, 0.25) is 0 Å².